The van der Waals surface area contributed by atoms with Crippen LogP contribution in [-0.2, 0) is 0 Å². The third-order valence-corrected chi connectivity index (χ3v) is 4.58. The van der Waals surface area contributed by atoms with Gasteiger partial charge >= 0.3 is 0 Å². The van der Waals surface area contributed by atoms with E-state index in [1.165, 1.54) is 24.8 Å². The van der Waals surface area contributed by atoms with Gasteiger partial charge in [0.1, 0.15) is 6.33 Å². The summed E-state index contributed by atoms with van der Waals surface area (Å²) in [6, 6.07) is 9.28. The first kappa shape index (κ1) is 14.2. The summed E-state index contributed by atoms with van der Waals surface area (Å²) in [4.78, 5) is 0. The minimum atomic E-state index is 0.654. The van der Waals surface area contributed by atoms with Crippen molar-refractivity contribution in [2.45, 2.75) is 45.1 Å². The lowest BCUT2D eigenvalue weighted by Gasteiger charge is -2.45. The molecule has 5 heteroatoms. The zero-order chi connectivity index (χ0) is 14.7. The van der Waals surface area contributed by atoms with Gasteiger partial charge in [0.15, 0.2) is 0 Å². The smallest absolute Gasteiger partial charge is 0.143 e. The Labute approximate surface area is 125 Å². The zero-order valence-corrected chi connectivity index (χ0v) is 12.7. The third-order valence-electron chi connectivity index (χ3n) is 4.58. The van der Waals surface area contributed by atoms with Crippen LogP contribution in [0.3, 0.4) is 0 Å². The van der Waals surface area contributed by atoms with Crippen LogP contribution in [0, 0.1) is 5.92 Å². The van der Waals surface area contributed by atoms with Crippen LogP contribution < -0.4 is 5.32 Å². The summed E-state index contributed by atoms with van der Waals surface area (Å²) in [6.07, 6.45) is 5.30. The van der Waals surface area contributed by atoms with Gasteiger partial charge in [-0.25, -0.2) is 4.68 Å². The van der Waals surface area contributed by atoms with Gasteiger partial charge in [0.25, 0.3) is 0 Å². The van der Waals surface area contributed by atoms with Gasteiger partial charge in [-0.1, -0.05) is 32.4 Å². The molecule has 1 aromatic carbocycles. The molecule has 1 heterocycles. The van der Waals surface area contributed by atoms with Crippen molar-refractivity contribution in [3.63, 3.8) is 0 Å². The summed E-state index contributed by atoms with van der Waals surface area (Å²) in [5, 5.41) is 15.1. The Balaban J connectivity index is 1.74. The Morgan fingerprint density at radius 1 is 1.33 bits per heavy atom. The number of aromatic nitrogens is 4. The molecule has 1 aromatic heterocycles. The van der Waals surface area contributed by atoms with Gasteiger partial charge in [0, 0.05) is 6.04 Å². The topological polar surface area (TPSA) is 55.6 Å². The molecule has 1 fully saturated rings. The van der Waals surface area contributed by atoms with E-state index in [9.17, 15) is 0 Å². The van der Waals surface area contributed by atoms with Gasteiger partial charge in [0.05, 0.1) is 5.69 Å². The lowest BCUT2D eigenvalue weighted by Crippen LogP contribution is -2.49. The molecule has 112 valence electrons. The van der Waals surface area contributed by atoms with Crippen molar-refractivity contribution in [2.75, 3.05) is 6.54 Å². The second-order valence-corrected chi connectivity index (χ2v) is 5.82. The molecule has 0 bridgehead atoms. The van der Waals surface area contributed by atoms with Gasteiger partial charge in [-0.2, -0.15) is 0 Å². The zero-order valence-electron chi connectivity index (χ0n) is 12.7. The van der Waals surface area contributed by atoms with E-state index in [0.29, 0.717) is 12.0 Å². The van der Waals surface area contributed by atoms with Gasteiger partial charge in [-0.3, -0.25) is 0 Å². The van der Waals surface area contributed by atoms with Crippen LogP contribution in [0.1, 0.15) is 44.6 Å². The van der Waals surface area contributed by atoms with Gasteiger partial charge in [-0.15, -0.1) is 5.10 Å². The summed E-state index contributed by atoms with van der Waals surface area (Å²) in [6.45, 7) is 5.64. The molecule has 3 rings (SSSR count). The first-order valence-corrected chi connectivity index (χ1v) is 7.90. The van der Waals surface area contributed by atoms with Crippen LogP contribution in [0.4, 0.5) is 0 Å². The fourth-order valence-corrected chi connectivity index (χ4v) is 3.40. The first-order valence-electron chi connectivity index (χ1n) is 7.90. The highest BCUT2D eigenvalue weighted by atomic mass is 15.5. The van der Waals surface area contributed by atoms with E-state index in [1.807, 2.05) is 6.07 Å². The fraction of sp³-hybridized carbons (Fsp3) is 0.562. The molecule has 0 amide bonds. The monoisotopic (exact) mass is 285 g/mol. The highest BCUT2D eigenvalue weighted by molar-refractivity contribution is 5.37. The van der Waals surface area contributed by atoms with E-state index in [0.717, 1.165) is 18.2 Å². The van der Waals surface area contributed by atoms with Crippen LogP contribution >= 0.6 is 0 Å². The molecule has 21 heavy (non-hydrogen) atoms. The second-order valence-electron chi connectivity index (χ2n) is 5.82. The lowest BCUT2D eigenvalue weighted by molar-refractivity contribution is 0.161. The van der Waals surface area contributed by atoms with Crippen molar-refractivity contribution in [2.24, 2.45) is 5.92 Å². The average molecular weight is 285 g/mol. The lowest BCUT2D eigenvalue weighted by atomic mass is 9.65. The maximum atomic E-state index is 3.97. The summed E-state index contributed by atoms with van der Waals surface area (Å²) in [5.74, 6) is 1.39. The third kappa shape index (κ3) is 2.83. The number of hydrogen-bond acceptors (Lipinski definition) is 4. The molecule has 1 aliphatic rings. The number of benzene rings is 1. The van der Waals surface area contributed by atoms with Gasteiger partial charge in [-0.05, 0) is 59.3 Å². The van der Waals surface area contributed by atoms with E-state index < -0.39 is 0 Å². The first-order chi connectivity index (χ1) is 10.3. The van der Waals surface area contributed by atoms with Crippen molar-refractivity contribution in [3.8, 4) is 5.69 Å². The number of tetrazole rings is 1. The largest absolute Gasteiger partial charge is 0.314 e. The minimum Gasteiger partial charge on any atom is -0.314 e. The Hall–Kier alpha value is -1.75. The van der Waals surface area contributed by atoms with Crippen molar-refractivity contribution < 1.29 is 0 Å². The summed E-state index contributed by atoms with van der Waals surface area (Å²) >= 11 is 0. The minimum absolute atomic E-state index is 0.654. The molecule has 0 aliphatic heterocycles. The summed E-state index contributed by atoms with van der Waals surface area (Å²) in [5.41, 5.74) is 2.45. The van der Waals surface area contributed by atoms with Gasteiger partial charge < -0.3 is 5.32 Å². The normalized spacial score (nSPS) is 24.8. The molecule has 1 saturated carbocycles. The Bertz CT molecular complexity index is 566. The van der Waals surface area contributed by atoms with Crippen molar-refractivity contribution >= 4 is 0 Å². The van der Waals surface area contributed by atoms with E-state index in [1.54, 1.807) is 11.0 Å². The molecule has 2 aromatic rings. The van der Waals surface area contributed by atoms with Crippen LogP contribution in [-0.4, -0.2) is 32.8 Å². The molecule has 1 aliphatic carbocycles. The number of rotatable bonds is 6. The predicted octanol–water partition coefficient (Wildman–Crippen LogP) is 2.54. The van der Waals surface area contributed by atoms with Crippen molar-refractivity contribution in [3.05, 3.63) is 36.2 Å². The number of nitrogens with zero attached hydrogens (tertiary/aromatic N) is 4. The van der Waals surface area contributed by atoms with Crippen molar-refractivity contribution in [1.82, 2.24) is 25.5 Å². The van der Waals surface area contributed by atoms with E-state index in [4.69, 9.17) is 0 Å². The molecule has 0 radical (unpaired) electrons. The highest BCUT2D eigenvalue weighted by Gasteiger charge is 2.39. The SMILES string of the molecule is CCCNC1CC(c2cccc(-n3cnnn3)c2)C1CC. The second kappa shape index (κ2) is 6.35. The van der Waals surface area contributed by atoms with Crippen molar-refractivity contribution in [1.29, 1.82) is 0 Å². The molecule has 1 N–H and O–H groups in total. The molecule has 5 nitrogen and oxygen atoms in total. The molecule has 0 saturated heterocycles. The van der Waals surface area contributed by atoms with E-state index >= 15 is 0 Å². The number of nitrogens with one attached hydrogen (secondary N) is 1. The van der Waals surface area contributed by atoms with E-state index in [2.05, 4.69) is 52.9 Å². The molecule has 3 atom stereocenters. The Morgan fingerprint density at radius 2 is 2.24 bits per heavy atom. The maximum absolute atomic E-state index is 3.97. The van der Waals surface area contributed by atoms with Crippen LogP contribution in [0.25, 0.3) is 5.69 Å². The molecule has 0 spiro atoms. The standard InChI is InChI=1S/C16H23N5/c1-3-8-17-16-10-15(14(16)4-2)12-6-5-7-13(9-12)21-11-18-19-20-21/h5-7,9,11,14-17H,3-4,8,10H2,1-2H3. The molecule has 3 unspecified atom stereocenters. The highest BCUT2D eigenvalue weighted by Crippen LogP contribution is 2.44. The summed E-state index contributed by atoms with van der Waals surface area (Å²) in [7, 11) is 0. The molecular weight excluding hydrogens is 262 g/mol. The quantitative estimate of drug-likeness (QED) is 0.886. The number of hydrogen-bond donors (Lipinski definition) is 1. The Morgan fingerprint density at radius 3 is 2.95 bits per heavy atom. The predicted molar refractivity (Wildman–Crippen MR) is 82.4 cm³/mol. The fourth-order valence-electron chi connectivity index (χ4n) is 3.40. The van der Waals surface area contributed by atoms with Crippen LogP contribution in [0.2, 0.25) is 0 Å². The van der Waals surface area contributed by atoms with Crippen LogP contribution in [0.5, 0.6) is 0 Å². The van der Waals surface area contributed by atoms with Crippen LogP contribution in [0.15, 0.2) is 30.6 Å². The average Bonchev–Trinajstić information content (AvgIpc) is 3.01. The molecular formula is C16H23N5. The van der Waals surface area contributed by atoms with E-state index in [-0.39, 0.29) is 0 Å². The maximum Gasteiger partial charge on any atom is 0.143 e. The Kier molecular flexibility index (Phi) is 4.29. The summed E-state index contributed by atoms with van der Waals surface area (Å²) < 4.78 is 1.72. The van der Waals surface area contributed by atoms with Gasteiger partial charge in [0.2, 0.25) is 0 Å².